The molecule has 1 unspecified atom stereocenters. The minimum absolute atomic E-state index is 0.0654. The van der Waals surface area contributed by atoms with Gasteiger partial charge in [-0.15, -0.1) is 0 Å². The molecule has 0 aliphatic carbocycles. The van der Waals surface area contributed by atoms with E-state index in [0.717, 1.165) is 19.4 Å². The fourth-order valence-corrected chi connectivity index (χ4v) is 2.05. The molecule has 0 aromatic rings. The third-order valence-electron chi connectivity index (χ3n) is 2.58. The summed E-state index contributed by atoms with van der Waals surface area (Å²) in [6, 6.07) is 0.276. The first kappa shape index (κ1) is 12.5. The summed E-state index contributed by atoms with van der Waals surface area (Å²) in [5.74, 6) is 0.151. The molecule has 0 saturated carbocycles. The van der Waals surface area contributed by atoms with Crippen molar-refractivity contribution in [3.63, 3.8) is 0 Å². The van der Waals surface area contributed by atoms with Gasteiger partial charge < -0.3 is 15.4 Å². The van der Waals surface area contributed by atoms with Crippen LogP contribution in [0.1, 0.15) is 33.1 Å². The second kappa shape index (κ2) is 5.47. The van der Waals surface area contributed by atoms with Crippen molar-refractivity contribution >= 4 is 5.91 Å². The van der Waals surface area contributed by atoms with E-state index in [1.165, 1.54) is 0 Å². The average Bonchev–Trinajstić information content (AvgIpc) is 2.28. The summed E-state index contributed by atoms with van der Waals surface area (Å²) in [5, 5.41) is 6.36. The van der Waals surface area contributed by atoms with E-state index in [9.17, 15) is 4.79 Å². The lowest BCUT2D eigenvalue weighted by Gasteiger charge is -2.30. The van der Waals surface area contributed by atoms with Gasteiger partial charge in [0.2, 0.25) is 5.91 Å². The van der Waals surface area contributed by atoms with Crippen molar-refractivity contribution in [2.24, 2.45) is 0 Å². The maximum atomic E-state index is 11.4. The number of ether oxygens (including phenoxy) is 1. The van der Waals surface area contributed by atoms with Crippen LogP contribution >= 0.6 is 0 Å². The lowest BCUT2D eigenvalue weighted by molar-refractivity contribution is -0.121. The second-order valence-electron chi connectivity index (χ2n) is 4.85. The fourth-order valence-electron chi connectivity index (χ4n) is 2.05. The minimum Gasteiger partial charge on any atom is -0.383 e. The molecule has 1 aliphatic rings. The predicted molar refractivity (Wildman–Crippen MR) is 59.7 cm³/mol. The van der Waals surface area contributed by atoms with Crippen molar-refractivity contribution in [3.8, 4) is 0 Å². The molecule has 0 bridgehead atoms. The first-order valence-corrected chi connectivity index (χ1v) is 5.57. The summed E-state index contributed by atoms with van der Waals surface area (Å²) in [6.45, 7) is 5.66. The van der Waals surface area contributed by atoms with Crippen molar-refractivity contribution in [2.45, 2.75) is 44.7 Å². The van der Waals surface area contributed by atoms with Gasteiger partial charge in [-0.1, -0.05) is 0 Å². The lowest BCUT2D eigenvalue weighted by atomic mass is 10.0. The molecule has 1 fully saturated rings. The number of hydrogen-bond acceptors (Lipinski definition) is 3. The topological polar surface area (TPSA) is 50.4 Å². The van der Waals surface area contributed by atoms with E-state index in [-0.39, 0.29) is 17.5 Å². The highest BCUT2D eigenvalue weighted by Gasteiger charge is 2.24. The Morgan fingerprint density at radius 3 is 3.00 bits per heavy atom. The monoisotopic (exact) mass is 214 g/mol. The van der Waals surface area contributed by atoms with Crippen LogP contribution < -0.4 is 10.6 Å². The highest BCUT2D eigenvalue weighted by Crippen LogP contribution is 2.11. The second-order valence-corrected chi connectivity index (χ2v) is 4.85. The Hall–Kier alpha value is -0.610. The molecule has 0 aromatic heterocycles. The van der Waals surface area contributed by atoms with Crippen LogP contribution in [0.5, 0.6) is 0 Å². The molecule has 0 spiro atoms. The lowest BCUT2D eigenvalue weighted by Crippen LogP contribution is -2.49. The molecule has 2 N–H and O–H groups in total. The molecule has 1 heterocycles. The van der Waals surface area contributed by atoms with Gasteiger partial charge >= 0.3 is 0 Å². The predicted octanol–water partition coefficient (Wildman–Crippen LogP) is 0.670. The van der Waals surface area contributed by atoms with Gasteiger partial charge in [-0.2, -0.15) is 0 Å². The largest absolute Gasteiger partial charge is 0.383 e. The van der Waals surface area contributed by atoms with Crippen LogP contribution in [0.2, 0.25) is 0 Å². The summed E-state index contributed by atoms with van der Waals surface area (Å²) >= 11 is 0. The Morgan fingerprint density at radius 2 is 2.33 bits per heavy atom. The maximum Gasteiger partial charge on any atom is 0.221 e. The van der Waals surface area contributed by atoms with Crippen LogP contribution in [0, 0.1) is 0 Å². The zero-order valence-electron chi connectivity index (χ0n) is 9.93. The summed E-state index contributed by atoms with van der Waals surface area (Å²) in [5.41, 5.74) is -0.0654. The Balaban J connectivity index is 2.44. The molecule has 0 aromatic carbocycles. The van der Waals surface area contributed by atoms with E-state index >= 15 is 0 Å². The number of amides is 1. The number of carbonyl (C=O) groups is 1. The van der Waals surface area contributed by atoms with E-state index in [1.54, 1.807) is 7.11 Å². The molecule has 4 nitrogen and oxygen atoms in total. The number of nitrogens with one attached hydrogen (secondary N) is 2. The van der Waals surface area contributed by atoms with Crippen LogP contribution in [0.3, 0.4) is 0 Å². The summed E-state index contributed by atoms with van der Waals surface area (Å²) in [7, 11) is 1.70. The van der Waals surface area contributed by atoms with Crippen molar-refractivity contribution in [3.05, 3.63) is 0 Å². The van der Waals surface area contributed by atoms with Gasteiger partial charge in [0.25, 0.3) is 0 Å². The van der Waals surface area contributed by atoms with Crippen molar-refractivity contribution in [1.82, 2.24) is 10.6 Å². The molecule has 15 heavy (non-hydrogen) atoms. The van der Waals surface area contributed by atoms with Crippen LogP contribution in [-0.2, 0) is 9.53 Å². The number of methoxy groups -OCH3 is 1. The fraction of sp³-hybridized carbons (Fsp3) is 0.909. The smallest absolute Gasteiger partial charge is 0.221 e. The van der Waals surface area contributed by atoms with Gasteiger partial charge in [0.1, 0.15) is 0 Å². The summed E-state index contributed by atoms with van der Waals surface area (Å²) in [4.78, 5) is 11.4. The highest BCUT2D eigenvalue weighted by molar-refractivity contribution is 5.76. The van der Waals surface area contributed by atoms with Crippen LogP contribution in [0.4, 0.5) is 0 Å². The van der Waals surface area contributed by atoms with Gasteiger partial charge in [-0.05, 0) is 26.7 Å². The van der Waals surface area contributed by atoms with Gasteiger partial charge in [0, 0.05) is 31.7 Å². The molecule has 1 rings (SSSR count). The van der Waals surface area contributed by atoms with E-state index in [4.69, 9.17) is 4.74 Å². The molecule has 1 atom stereocenters. The Morgan fingerprint density at radius 1 is 1.60 bits per heavy atom. The third kappa shape index (κ3) is 4.62. The van der Waals surface area contributed by atoms with Crippen molar-refractivity contribution < 1.29 is 9.53 Å². The van der Waals surface area contributed by atoms with E-state index in [0.29, 0.717) is 13.0 Å². The molecule has 1 aliphatic heterocycles. The Bertz CT molecular complexity index is 217. The highest BCUT2D eigenvalue weighted by atomic mass is 16.5. The molecular formula is C11H22N2O2. The van der Waals surface area contributed by atoms with Crippen LogP contribution in [-0.4, -0.2) is 37.7 Å². The summed E-state index contributed by atoms with van der Waals surface area (Å²) < 4.78 is 5.14. The zero-order chi connectivity index (χ0) is 11.3. The van der Waals surface area contributed by atoms with Crippen LogP contribution in [0.25, 0.3) is 0 Å². The van der Waals surface area contributed by atoms with Gasteiger partial charge in [-0.3, -0.25) is 4.79 Å². The van der Waals surface area contributed by atoms with Crippen molar-refractivity contribution in [1.29, 1.82) is 0 Å². The number of carbonyl (C=O) groups excluding carboxylic acids is 1. The van der Waals surface area contributed by atoms with Crippen molar-refractivity contribution in [2.75, 3.05) is 20.3 Å². The molecule has 1 amide bonds. The quantitative estimate of drug-likeness (QED) is 0.723. The van der Waals surface area contributed by atoms with E-state index < -0.39 is 0 Å². The normalized spacial score (nSPS) is 23.4. The standard InChI is InChI=1S/C11H22N2O2/c1-11(2,8-15-3)13-9-5-4-6-12-10(14)7-9/h9,13H,4-8H2,1-3H3,(H,12,14). The van der Waals surface area contributed by atoms with Crippen LogP contribution in [0.15, 0.2) is 0 Å². The number of rotatable bonds is 4. The first-order chi connectivity index (χ1) is 7.03. The van der Waals surface area contributed by atoms with Gasteiger partial charge in [0.05, 0.1) is 6.61 Å². The zero-order valence-corrected chi connectivity index (χ0v) is 9.93. The number of hydrogen-bond donors (Lipinski definition) is 2. The summed E-state index contributed by atoms with van der Waals surface area (Å²) in [6.07, 6.45) is 2.67. The SMILES string of the molecule is COCC(C)(C)NC1CCCNC(=O)C1. The molecule has 0 radical (unpaired) electrons. The molecule has 88 valence electrons. The maximum absolute atomic E-state index is 11.4. The van der Waals surface area contributed by atoms with E-state index in [1.807, 2.05) is 0 Å². The minimum atomic E-state index is -0.0654. The van der Waals surface area contributed by atoms with E-state index in [2.05, 4.69) is 24.5 Å². The Kier molecular flexibility index (Phi) is 4.54. The molecule has 4 heteroatoms. The third-order valence-corrected chi connectivity index (χ3v) is 2.58. The molecular weight excluding hydrogens is 192 g/mol. The molecule has 1 saturated heterocycles. The van der Waals surface area contributed by atoms with Gasteiger partial charge in [0.15, 0.2) is 0 Å². The van der Waals surface area contributed by atoms with Gasteiger partial charge in [-0.25, -0.2) is 0 Å². The Labute approximate surface area is 91.8 Å². The first-order valence-electron chi connectivity index (χ1n) is 5.57. The average molecular weight is 214 g/mol.